The Morgan fingerprint density at radius 1 is 1.22 bits per heavy atom. The van der Waals surface area contributed by atoms with Crippen LogP contribution in [0.5, 0.6) is 0 Å². The minimum Gasteiger partial charge on any atom is -0.356 e. The van der Waals surface area contributed by atoms with Gasteiger partial charge in [0.05, 0.1) is 12.2 Å². The molecule has 6 heteroatoms. The summed E-state index contributed by atoms with van der Waals surface area (Å²) < 4.78 is 1.58. The average molecular weight is 311 g/mol. The summed E-state index contributed by atoms with van der Waals surface area (Å²) >= 11 is 0. The van der Waals surface area contributed by atoms with E-state index >= 15 is 0 Å². The van der Waals surface area contributed by atoms with Crippen LogP contribution in [0.15, 0.2) is 29.3 Å². The number of aromatic nitrogens is 4. The molecule has 0 amide bonds. The van der Waals surface area contributed by atoms with Crippen molar-refractivity contribution in [3.05, 3.63) is 46.3 Å². The van der Waals surface area contributed by atoms with E-state index in [-0.39, 0.29) is 5.56 Å². The highest BCUT2D eigenvalue weighted by molar-refractivity contribution is 5.42. The molecule has 0 bridgehead atoms. The summed E-state index contributed by atoms with van der Waals surface area (Å²) in [6, 6.07) is 5.49. The zero-order chi connectivity index (χ0) is 15.8. The minimum atomic E-state index is -0.0247. The summed E-state index contributed by atoms with van der Waals surface area (Å²) in [4.78, 5) is 22.9. The van der Waals surface area contributed by atoms with Gasteiger partial charge >= 0.3 is 0 Å². The Balaban J connectivity index is 1.39. The van der Waals surface area contributed by atoms with Crippen molar-refractivity contribution in [3.8, 4) is 0 Å². The SMILES string of the molecule is Cc1ccc(=O)n(CC2CN(c3cc(C4CCC4)ncn3)C2)n1. The first-order valence-corrected chi connectivity index (χ1v) is 8.31. The van der Waals surface area contributed by atoms with Crippen molar-refractivity contribution < 1.29 is 0 Å². The summed E-state index contributed by atoms with van der Waals surface area (Å²) in [6.45, 7) is 4.43. The van der Waals surface area contributed by atoms with Gasteiger partial charge in [-0.25, -0.2) is 14.6 Å². The molecule has 0 unspecified atom stereocenters. The maximum atomic E-state index is 11.8. The van der Waals surface area contributed by atoms with Crippen molar-refractivity contribution in [1.82, 2.24) is 19.7 Å². The first-order chi connectivity index (χ1) is 11.2. The van der Waals surface area contributed by atoms with Crippen molar-refractivity contribution in [2.45, 2.75) is 38.6 Å². The lowest BCUT2D eigenvalue weighted by molar-refractivity contribution is 0.331. The van der Waals surface area contributed by atoms with Gasteiger partial charge in [-0.1, -0.05) is 6.42 Å². The van der Waals surface area contributed by atoms with Crippen molar-refractivity contribution >= 4 is 5.82 Å². The molecule has 4 rings (SSSR count). The molecule has 0 aromatic carbocycles. The Kier molecular flexibility index (Phi) is 3.59. The van der Waals surface area contributed by atoms with Crippen LogP contribution in [0.2, 0.25) is 0 Å². The monoisotopic (exact) mass is 311 g/mol. The molecule has 3 heterocycles. The number of rotatable bonds is 4. The van der Waals surface area contributed by atoms with Crippen molar-refractivity contribution in [1.29, 1.82) is 0 Å². The number of hydrogen-bond donors (Lipinski definition) is 0. The van der Waals surface area contributed by atoms with Gasteiger partial charge in [0, 0.05) is 42.8 Å². The Morgan fingerprint density at radius 2 is 2.04 bits per heavy atom. The summed E-state index contributed by atoms with van der Waals surface area (Å²) in [5.74, 6) is 2.09. The van der Waals surface area contributed by atoms with E-state index in [1.54, 1.807) is 23.1 Å². The second kappa shape index (κ2) is 5.76. The van der Waals surface area contributed by atoms with Crippen molar-refractivity contribution in [3.63, 3.8) is 0 Å². The van der Waals surface area contributed by atoms with Crippen LogP contribution in [0, 0.1) is 12.8 Å². The van der Waals surface area contributed by atoms with Gasteiger partial charge in [0.25, 0.3) is 5.56 Å². The lowest BCUT2D eigenvalue weighted by atomic mass is 9.83. The van der Waals surface area contributed by atoms with Gasteiger partial charge in [-0.2, -0.15) is 5.10 Å². The predicted octanol–water partition coefficient (Wildman–Crippen LogP) is 1.75. The van der Waals surface area contributed by atoms with Gasteiger partial charge in [-0.15, -0.1) is 0 Å². The van der Waals surface area contributed by atoms with E-state index in [9.17, 15) is 4.79 Å². The zero-order valence-corrected chi connectivity index (χ0v) is 13.4. The molecule has 0 spiro atoms. The molecule has 2 fully saturated rings. The Labute approximate surface area is 135 Å². The zero-order valence-electron chi connectivity index (χ0n) is 13.4. The fourth-order valence-corrected chi connectivity index (χ4v) is 3.26. The van der Waals surface area contributed by atoms with Crippen LogP contribution in [0.1, 0.15) is 36.6 Å². The Morgan fingerprint density at radius 3 is 2.78 bits per heavy atom. The molecule has 2 aromatic heterocycles. The van der Waals surface area contributed by atoms with E-state index in [4.69, 9.17) is 0 Å². The number of anilines is 1. The predicted molar refractivity (Wildman–Crippen MR) is 87.6 cm³/mol. The number of hydrogen-bond acceptors (Lipinski definition) is 5. The number of aryl methyl sites for hydroxylation is 1. The summed E-state index contributed by atoms with van der Waals surface area (Å²) in [5, 5.41) is 4.31. The topological polar surface area (TPSA) is 63.9 Å². The largest absolute Gasteiger partial charge is 0.356 e. The van der Waals surface area contributed by atoms with E-state index in [1.165, 1.54) is 25.0 Å². The molecule has 1 aliphatic heterocycles. The second-order valence-corrected chi connectivity index (χ2v) is 6.69. The highest BCUT2D eigenvalue weighted by atomic mass is 16.1. The molecule has 23 heavy (non-hydrogen) atoms. The Hall–Kier alpha value is -2.24. The molecule has 120 valence electrons. The molecule has 0 N–H and O–H groups in total. The number of nitrogens with zero attached hydrogens (tertiary/aromatic N) is 5. The summed E-state index contributed by atoms with van der Waals surface area (Å²) in [7, 11) is 0. The first kappa shape index (κ1) is 14.4. The molecule has 1 saturated carbocycles. The van der Waals surface area contributed by atoms with Crippen LogP contribution in [0.4, 0.5) is 5.82 Å². The van der Waals surface area contributed by atoms with Crippen LogP contribution in [-0.2, 0) is 6.54 Å². The van der Waals surface area contributed by atoms with E-state index in [1.807, 2.05) is 6.92 Å². The third-order valence-electron chi connectivity index (χ3n) is 4.91. The first-order valence-electron chi connectivity index (χ1n) is 8.31. The molecule has 0 radical (unpaired) electrons. The van der Waals surface area contributed by atoms with Crippen LogP contribution in [0.3, 0.4) is 0 Å². The van der Waals surface area contributed by atoms with E-state index < -0.39 is 0 Å². The molecule has 1 aliphatic carbocycles. The molecular formula is C17H21N5O. The Bertz CT molecular complexity index is 762. The van der Waals surface area contributed by atoms with Crippen LogP contribution in [0.25, 0.3) is 0 Å². The molecule has 1 saturated heterocycles. The van der Waals surface area contributed by atoms with E-state index in [0.29, 0.717) is 18.4 Å². The summed E-state index contributed by atoms with van der Waals surface area (Å²) in [6.07, 6.45) is 5.50. The van der Waals surface area contributed by atoms with Crippen LogP contribution in [-0.4, -0.2) is 32.8 Å². The quantitative estimate of drug-likeness (QED) is 0.860. The van der Waals surface area contributed by atoms with Gasteiger partial charge in [0.1, 0.15) is 12.1 Å². The van der Waals surface area contributed by atoms with Gasteiger partial charge in [0.15, 0.2) is 0 Å². The van der Waals surface area contributed by atoms with Gasteiger partial charge < -0.3 is 4.90 Å². The highest BCUT2D eigenvalue weighted by Gasteiger charge is 2.30. The van der Waals surface area contributed by atoms with Crippen LogP contribution < -0.4 is 10.5 Å². The summed E-state index contributed by atoms with van der Waals surface area (Å²) in [5.41, 5.74) is 2.03. The van der Waals surface area contributed by atoms with E-state index in [0.717, 1.165) is 24.6 Å². The standard InChI is InChI=1S/C17H21N5O/c1-12-5-6-17(23)22(20-12)10-13-8-21(9-13)16-7-15(18-11-19-16)14-3-2-4-14/h5-7,11,13-14H,2-4,8-10H2,1H3. The fourth-order valence-electron chi connectivity index (χ4n) is 3.26. The minimum absolute atomic E-state index is 0.0247. The molecule has 6 nitrogen and oxygen atoms in total. The average Bonchev–Trinajstić information content (AvgIpc) is 2.44. The van der Waals surface area contributed by atoms with E-state index in [2.05, 4.69) is 26.0 Å². The lowest BCUT2D eigenvalue weighted by Crippen LogP contribution is -2.50. The smallest absolute Gasteiger partial charge is 0.266 e. The molecule has 0 atom stereocenters. The lowest BCUT2D eigenvalue weighted by Gasteiger charge is -2.40. The maximum Gasteiger partial charge on any atom is 0.266 e. The third kappa shape index (κ3) is 2.85. The third-order valence-corrected chi connectivity index (χ3v) is 4.91. The van der Waals surface area contributed by atoms with Gasteiger partial charge in [-0.3, -0.25) is 4.79 Å². The van der Waals surface area contributed by atoms with Gasteiger partial charge in [0.2, 0.25) is 0 Å². The fraction of sp³-hybridized carbons (Fsp3) is 0.529. The molecule has 2 aliphatic rings. The molecular weight excluding hydrogens is 290 g/mol. The van der Waals surface area contributed by atoms with Crippen LogP contribution >= 0.6 is 0 Å². The van der Waals surface area contributed by atoms with Crippen molar-refractivity contribution in [2.75, 3.05) is 18.0 Å². The maximum absolute atomic E-state index is 11.8. The second-order valence-electron chi connectivity index (χ2n) is 6.69. The van der Waals surface area contributed by atoms with Gasteiger partial charge in [-0.05, 0) is 25.8 Å². The normalized spacial score (nSPS) is 18.6. The van der Waals surface area contributed by atoms with Crippen molar-refractivity contribution in [2.24, 2.45) is 5.92 Å². The molecule has 2 aromatic rings. The highest BCUT2D eigenvalue weighted by Crippen LogP contribution is 2.36.